The number of imide groups is 1. The fraction of sp³-hybridized carbons (Fsp3) is 0.667. The van der Waals surface area contributed by atoms with Crippen LogP contribution in [0.5, 0.6) is 0 Å². The standard InChI is InChI=1S/C18H27N5O3/c1-4-13-5-8-18(9-6-13)16(25)22(17(26)21-18)11-15(24)20-14-7-10-19-23(14)12(2)3/h7,10,12-13H,4-6,8-9,11H2,1-3H3,(H,20,24)(H,21,26). The van der Waals surface area contributed by atoms with Crippen LogP contribution >= 0.6 is 0 Å². The molecule has 2 heterocycles. The predicted molar refractivity (Wildman–Crippen MR) is 96.5 cm³/mol. The fourth-order valence-electron chi connectivity index (χ4n) is 3.89. The second-order valence-electron chi connectivity index (χ2n) is 7.56. The molecule has 0 radical (unpaired) electrons. The molecule has 26 heavy (non-hydrogen) atoms. The maximum Gasteiger partial charge on any atom is 0.325 e. The van der Waals surface area contributed by atoms with E-state index in [2.05, 4.69) is 22.7 Å². The minimum Gasteiger partial charge on any atom is -0.323 e. The van der Waals surface area contributed by atoms with E-state index in [1.54, 1.807) is 16.9 Å². The van der Waals surface area contributed by atoms with Crippen molar-refractivity contribution in [2.75, 3.05) is 11.9 Å². The Balaban J connectivity index is 1.64. The molecule has 1 aliphatic heterocycles. The van der Waals surface area contributed by atoms with Crippen molar-refractivity contribution in [1.82, 2.24) is 20.0 Å². The molecule has 1 aliphatic carbocycles. The van der Waals surface area contributed by atoms with Crippen LogP contribution in [0.2, 0.25) is 0 Å². The van der Waals surface area contributed by atoms with E-state index in [1.807, 2.05) is 13.8 Å². The highest BCUT2D eigenvalue weighted by atomic mass is 16.2. The molecule has 1 aromatic rings. The molecule has 0 unspecified atom stereocenters. The van der Waals surface area contributed by atoms with Crippen molar-refractivity contribution in [3.8, 4) is 0 Å². The van der Waals surface area contributed by atoms with E-state index in [0.717, 1.165) is 24.2 Å². The largest absolute Gasteiger partial charge is 0.325 e. The van der Waals surface area contributed by atoms with Crippen molar-refractivity contribution in [2.45, 2.75) is 64.5 Å². The van der Waals surface area contributed by atoms with E-state index in [4.69, 9.17) is 0 Å². The maximum absolute atomic E-state index is 12.8. The van der Waals surface area contributed by atoms with Crippen LogP contribution in [-0.4, -0.2) is 44.6 Å². The Kier molecular flexibility index (Phi) is 5.02. The molecule has 2 N–H and O–H groups in total. The molecule has 1 aromatic heterocycles. The van der Waals surface area contributed by atoms with Gasteiger partial charge in [0.15, 0.2) is 0 Å². The third kappa shape index (κ3) is 3.32. The van der Waals surface area contributed by atoms with Gasteiger partial charge in [0.25, 0.3) is 5.91 Å². The zero-order valence-electron chi connectivity index (χ0n) is 15.6. The Morgan fingerprint density at radius 3 is 2.69 bits per heavy atom. The first-order valence-corrected chi connectivity index (χ1v) is 9.34. The van der Waals surface area contributed by atoms with E-state index < -0.39 is 17.5 Å². The van der Waals surface area contributed by atoms with Crippen molar-refractivity contribution < 1.29 is 14.4 Å². The molecular formula is C18H27N5O3. The lowest BCUT2D eigenvalue weighted by Gasteiger charge is -2.34. The summed E-state index contributed by atoms with van der Waals surface area (Å²) < 4.78 is 1.68. The van der Waals surface area contributed by atoms with Gasteiger partial charge in [-0.2, -0.15) is 5.10 Å². The number of urea groups is 1. The van der Waals surface area contributed by atoms with Gasteiger partial charge < -0.3 is 10.6 Å². The lowest BCUT2D eigenvalue weighted by Crippen LogP contribution is -2.49. The number of carbonyl (C=O) groups is 3. The average Bonchev–Trinajstić information content (AvgIpc) is 3.15. The number of aromatic nitrogens is 2. The quantitative estimate of drug-likeness (QED) is 0.787. The van der Waals surface area contributed by atoms with Crippen LogP contribution in [0.15, 0.2) is 12.3 Å². The lowest BCUT2D eigenvalue weighted by molar-refractivity contribution is -0.135. The van der Waals surface area contributed by atoms with Gasteiger partial charge in [0.1, 0.15) is 17.9 Å². The predicted octanol–water partition coefficient (Wildman–Crippen LogP) is 2.29. The van der Waals surface area contributed by atoms with E-state index in [-0.39, 0.29) is 18.5 Å². The Morgan fingerprint density at radius 1 is 1.38 bits per heavy atom. The van der Waals surface area contributed by atoms with Crippen LogP contribution in [0.1, 0.15) is 58.9 Å². The molecule has 0 bridgehead atoms. The summed E-state index contributed by atoms with van der Waals surface area (Å²) in [4.78, 5) is 38.6. The first kappa shape index (κ1) is 18.4. The summed E-state index contributed by atoms with van der Waals surface area (Å²) in [5.41, 5.74) is -0.817. The molecule has 1 spiro atoms. The molecule has 4 amide bonds. The lowest BCUT2D eigenvalue weighted by atomic mass is 9.75. The molecule has 1 saturated heterocycles. The summed E-state index contributed by atoms with van der Waals surface area (Å²) in [6.07, 6.45) is 5.84. The summed E-state index contributed by atoms with van der Waals surface area (Å²) in [6.45, 7) is 5.77. The van der Waals surface area contributed by atoms with Crippen LogP contribution in [0.25, 0.3) is 0 Å². The molecule has 3 rings (SSSR count). The number of amides is 4. The summed E-state index contributed by atoms with van der Waals surface area (Å²) in [6, 6.07) is 1.31. The summed E-state index contributed by atoms with van der Waals surface area (Å²) >= 11 is 0. The molecule has 0 aromatic carbocycles. The molecule has 2 aliphatic rings. The molecule has 0 atom stereocenters. The summed E-state index contributed by atoms with van der Waals surface area (Å²) in [7, 11) is 0. The van der Waals surface area contributed by atoms with E-state index >= 15 is 0 Å². The number of nitrogens with one attached hydrogen (secondary N) is 2. The first-order chi connectivity index (χ1) is 12.4. The van der Waals surface area contributed by atoms with Gasteiger partial charge >= 0.3 is 6.03 Å². The highest BCUT2D eigenvalue weighted by Crippen LogP contribution is 2.37. The third-order valence-electron chi connectivity index (χ3n) is 5.51. The van der Waals surface area contributed by atoms with Crippen LogP contribution in [0.4, 0.5) is 10.6 Å². The van der Waals surface area contributed by atoms with Crippen LogP contribution < -0.4 is 10.6 Å². The monoisotopic (exact) mass is 361 g/mol. The SMILES string of the molecule is CCC1CCC2(CC1)NC(=O)N(CC(=O)Nc1ccnn1C(C)C)C2=O. The second kappa shape index (κ2) is 7.09. The molecule has 142 valence electrons. The number of hydrogen-bond acceptors (Lipinski definition) is 4. The number of carbonyl (C=O) groups excluding carboxylic acids is 3. The fourth-order valence-corrected chi connectivity index (χ4v) is 3.89. The van der Waals surface area contributed by atoms with E-state index in [9.17, 15) is 14.4 Å². The van der Waals surface area contributed by atoms with Crippen LogP contribution in [-0.2, 0) is 9.59 Å². The smallest absolute Gasteiger partial charge is 0.323 e. The Hall–Kier alpha value is -2.38. The number of nitrogens with zero attached hydrogens (tertiary/aromatic N) is 3. The zero-order valence-corrected chi connectivity index (χ0v) is 15.6. The summed E-state index contributed by atoms with van der Waals surface area (Å²) in [5.74, 6) is 0.481. The number of anilines is 1. The van der Waals surface area contributed by atoms with Crippen LogP contribution in [0.3, 0.4) is 0 Å². The van der Waals surface area contributed by atoms with Crippen molar-refractivity contribution in [3.63, 3.8) is 0 Å². The minimum atomic E-state index is -0.817. The van der Waals surface area contributed by atoms with Crippen molar-refractivity contribution in [2.24, 2.45) is 5.92 Å². The van der Waals surface area contributed by atoms with Gasteiger partial charge in [-0.3, -0.25) is 14.5 Å². The molecule has 8 heteroatoms. The Bertz CT molecular complexity index is 703. The summed E-state index contributed by atoms with van der Waals surface area (Å²) in [5, 5.41) is 9.74. The van der Waals surface area contributed by atoms with Gasteiger partial charge in [-0.05, 0) is 45.4 Å². The van der Waals surface area contributed by atoms with Gasteiger partial charge in [0.05, 0.1) is 6.20 Å². The van der Waals surface area contributed by atoms with Gasteiger partial charge in [-0.1, -0.05) is 13.3 Å². The van der Waals surface area contributed by atoms with Crippen molar-refractivity contribution >= 4 is 23.7 Å². The van der Waals surface area contributed by atoms with Gasteiger partial charge in [-0.25, -0.2) is 9.48 Å². The minimum absolute atomic E-state index is 0.0917. The van der Waals surface area contributed by atoms with Crippen molar-refractivity contribution in [1.29, 1.82) is 0 Å². The molecule has 1 saturated carbocycles. The maximum atomic E-state index is 12.8. The topological polar surface area (TPSA) is 96.3 Å². The highest BCUT2D eigenvalue weighted by molar-refractivity contribution is 6.10. The molecule has 2 fully saturated rings. The molecule has 8 nitrogen and oxygen atoms in total. The van der Waals surface area contributed by atoms with E-state index in [0.29, 0.717) is 24.6 Å². The third-order valence-corrected chi connectivity index (χ3v) is 5.51. The highest BCUT2D eigenvalue weighted by Gasteiger charge is 2.52. The second-order valence-corrected chi connectivity index (χ2v) is 7.56. The van der Waals surface area contributed by atoms with E-state index in [1.165, 1.54) is 0 Å². The Morgan fingerprint density at radius 2 is 2.08 bits per heavy atom. The van der Waals surface area contributed by atoms with Crippen LogP contribution in [0, 0.1) is 5.92 Å². The zero-order chi connectivity index (χ0) is 18.9. The average molecular weight is 361 g/mol. The number of hydrogen-bond donors (Lipinski definition) is 2. The number of rotatable bonds is 5. The van der Waals surface area contributed by atoms with Gasteiger partial charge in [-0.15, -0.1) is 0 Å². The Labute approximate surface area is 153 Å². The normalized spacial score (nSPS) is 25.8. The molecular weight excluding hydrogens is 334 g/mol. The first-order valence-electron chi connectivity index (χ1n) is 9.34. The van der Waals surface area contributed by atoms with Gasteiger partial charge in [0, 0.05) is 12.1 Å². The van der Waals surface area contributed by atoms with Gasteiger partial charge in [0.2, 0.25) is 5.91 Å². The van der Waals surface area contributed by atoms with Crippen molar-refractivity contribution in [3.05, 3.63) is 12.3 Å².